The van der Waals surface area contributed by atoms with Crippen LogP contribution in [0.3, 0.4) is 0 Å². The first-order valence-corrected chi connectivity index (χ1v) is 8.36. The highest BCUT2D eigenvalue weighted by molar-refractivity contribution is 7.15. The predicted octanol–water partition coefficient (Wildman–Crippen LogP) is 3.65. The molecule has 0 amide bonds. The molecule has 0 saturated carbocycles. The molecule has 0 radical (unpaired) electrons. The maximum absolute atomic E-state index is 4.68. The molecule has 2 rings (SSSR count). The summed E-state index contributed by atoms with van der Waals surface area (Å²) in [6.45, 7) is 7.22. The Bertz CT molecular complexity index is 491. The number of hydrogen-bond donors (Lipinski definition) is 1. The third kappa shape index (κ3) is 4.03. The fourth-order valence-electron chi connectivity index (χ4n) is 1.84. The van der Waals surface area contributed by atoms with Crippen LogP contribution < -0.4 is 10.2 Å². The molecule has 0 atom stereocenters. The number of thiophene rings is 1. The van der Waals surface area contributed by atoms with Gasteiger partial charge in [-0.3, -0.25) is 0 Å². The number of rotatable bonds is 7. The first-order valence-electron chi connectivity index (χ1n) is 6.60. The molecule has 2 aromatic rings. The van der Waals surface area contributed by atoms with Gasteiger partial charge in [-0.1, -0.05) is 6.92 Å². The Morgan fingerprint density at radius 1 is 1.42 bits per heavy atom. The Kier molecular flexibility index (Phi) is 5.36. The Morgan fingerprint density at radius 2 is 2.26 bits per heavy atom. The first-order chi connectivity index (χ1) is 9.20. The number of nitrogens with one attached hydrogen (secondary N) is 1. The number of hydrogen-bond acceptors (Lipinski definition) is 5. The Morgan fingerprint density at radius 3 is 2.95 bits per heavy atom. The number of aromatic nitrogens is 1. The van der Waals surface area contributed by atoms with Crippen LogP contribution in [-0.4, -0.2) is 18.6 Å². The van der Waals surface area contributed by atoms with E-state index in [4.69, 9.17) is 0 Å². The zero-order chi connectivity index (χ0) is 13.7. The normalized spacial score (nSPS) is 10.9. The van der Waals surface area contributed by atoms with E-state index in [1.54, 1.807) is 22.7 Å². The Balaban J connectivity index is 1.98. The van der Waals surface area contributed by atoms with E-state index in [0.29, 0.717) is 0 Å². The lowest BCUT2D eigenvalue weighted by Gasteiger charge is -2.14. The van der Waals surface area contributed by atoms with Gasteiger partial charge in [0.25, 0.3) is 0 Å². The van der Waals surface area contributed by atoms with Gasteiger partial charge in [-0.05, 0) is 42.3 Å². The average Bonchev–Trinajstić information content (AvgIpc) is 3.00. The second-order valence-corrected chi connectivity index (χ2v) is 6.51. The van der Waals surface area contributed by atoms with Crippen molar-refractivity contribution in [1.29, 1.82) is 0 Å². The quantitative estimate of drug-likeness (QED) is 0.790. The summed E-state index contributed by atoms with van der Waals surface area (Å²) in [6, 6.07) is 2.17. The summed E-state index contributed by atoms with van der Waals surface area (Å²) in [5.41, 5.74) is 2.51. The van der Waals surface area contributed by atoms with Gasteiger partial charge in [-0.15, -0.1) is 11.3 Å². The van der Waals surface area contributed by atoms with Crippen molar-refractivity contribution in [3.05, 3.63) is 33.0 Å². The molecule has 5 heteroatoms. The fraction of sp³-hybridized carbons (Fsp3) is 0.500. The summed E-state index contributed by atoms with van der Waals surface area (Å²) in [4.78, 5) is 8.25. The summed E-state index contributed by atoms with van der Waals surface area (Å²) in [6.07, 6.45) is 1.17. The van der Waals surface area contributed by atoms with E-state index in [1.807, 2.05) is 0 Å². The molecule has 0 unspecified atom stereocenters. The topological polar surface area (TPSA) is 28.2 Å². The maximum Gasteiger partial charge on any atom is 0.185 e. The van der Waals surface area contributed by atoms with Crippen LogP contribution in [0.25, 0.3) is 0 Å². The molecule has 0 aliphatic carbocycles. The number of nitrogens with zero attached hydrogens (tertiary/aromatic N) is 2. The van der Waals surface area contributed by atoms with Crippen molar-refractivity contribution in [2.24, 2.45) is 0 Å². The lowest BCUT2D eigenvalue weighted by Crippen LogP contribution is -2.15. The van der Waals surface area contributed by atoms with Crippen molar-refractivity contribution in [1.82, 2.24) is 10.3 Å². The summed E-state index contributed by atoms with van der Waals surface area (Å²) in [5, 5.41) is 8.87. The molecule has 3 nitrogen and oxygen atoms in total. The molecule has 0 aliphatic rings. The maximum atomic E-state index is 4.68. The monoisotopic (exact) mass is 295 g/mol. The van der Waals surface area contributed by atoms with Crippen LogP contribution in [0.2, 0.25) is 0 Å². The number of aryl methyl sites for hydroxylation is 1. The van der Waals surface area contributed by atoms with Crippen LogP contribution in [0, 0.1) is 6.92 Å². The van der Waals surface area contributed by atoms with Crippen LogP contribution in [-0.2, 0) is 13.1 Å². The molecular weight excluding hydrogens is 274 g/mol. The lowest BCUT2D eigenvalue weighted by molar-refractivity contribution is 0.678. The molecule has 104 valence electrons. The van der Waals surface area contributed by atoms with Gasteiger partial charge in [0.2, 0.25) is 0 Å². The first kappa shape index (κ1) is 14.5. The van der Waals surface area contributed by atoms with Gasteiger partial charge in [-0.25, -0.2) is 4.98 Å². The van der Waals surface area contributed by atoms with Gasteiger partial charge in [0.15, 0.2) is 5.13 Å². The van der Waals surface area contributed by atoms with Crippen molar-refractivity contribution in [3.63, 3.8) is 0 Å². The largest absolute Gasteiger partial charge is 0.347 e. The smallest absolute Gasteiger partial charge is 0.185 e. The molecule has 2 heterocycles. The molecule has 0 bridgehead atoms. The van der Waals surface area contributed by atoms with Gasteiger partial charge in [0, 0.05) is 25.0 Å². The van der Waals surface area contributed by atoms with E-state index in [-0.39, 0.29) is 0 Å². The molecule has 0 spiro atoms. The van der Waals surface area contributed by atoms with Gasteiger partial charge >= 0.3 is 0 Å². The number of thiazole rings is 1. The lowest BCUT2D eigenvalue weighted by atomic mass is 10.3. The van der Waals surface area contributed by atoms with Crippen molar-refractivity contribution in [2.45, 2.75) is 33.4 Å². The zero-order valence-electron chi connectivity index (χ0n) is 11.8. The van der Waals surface area contributed by atoms with Crippen molar-refractivity contribution in [2.75, 3.05) is 18.5 Å². The van der Waals surface area contributed by atoms with E-state index < -0.39 is 0 Å². The Hall–Kier alpha value is -0.910. The van der Waals surface area contributed by atoms with Crippen LogP contribution in [0.5, 0.6) is 0 Å². The van der Waals surface area contributed by atoms with Crippen LogP contribution >= 0.6 is 22.7 Å². The minimum absolute atomic E-state index is 0.929. The second kappa shape index (κ2) is 7.03. The summed E-state index contributed by atoms with van der Waals surface area (Å²) in [5.74, 6) is 0. The van der Waals surface area contributed by atoms with Gasteiger partial charge in [0.05, 0.1) is 5.69 Å². The number of anilines is 1. The summed E-state index contributed by atoms with van der Waals surface area (Å²) in [7, 11) is 2.11. The second-order valence-electron chi connectivity index (χ2n) is 4.67. The highest BCUT2D eigenvalue weighted by Crippen LogP contribution is 2.26. The molecule has 1 N–H and O–H groups in total. The molecule has 2 aromatic heterocycles. The van der Waals surface area contributed by atoms with Crippen LogP contribution in [0.4, 0.5) is 5.13 Å². The zero-order valence-corrected chi connectivity index (χ0v) is 13.4. The standard InChI is InChI=1S/C14H21N3S2/c1-4-6-15-8-13-11(2)16-14(19-13)17(3)9-12-5-7-18-10-12/h5,7,10,15H,4,6,8-9H2,1-3H3. The minimum atomic E-state index is 0.929. The molecule has 19 heavy (non-hydrogen) atoms. The van der Waals surface area contributed by atoms with Crippen LogP contribution in [0.15, 0.2) is 16.8 Å². The molecule has 0 aliphatic heterocycles. The third-order valence-electron chi connectivity index (χ3n) is 2.92. The average molecular weight is 295 g/mol. The fourth-order valence-corrected chi connectivity index (χ4v) is 3.49. The Labute approximate surface area is 123 Å². The van der Waals surface area contributed by atoms with Gasteiger partial charge < -0.3 is 10.2 Å². The third-order valence-corrected chi connectivity index (χ3v) is 4.92. The van der Waals surface area contributed by atoms with E-state index in [9.17, 15) is 0 Å². The van der Waals surface area contributed by atoms with Gasteiger partial charge in [-0.2, -0.15) is 11.3 Å². The van der Waals surface area contributed by atoms with Crippen molar-refractivity contribution in [3.8, 4) is 0 Å². The van der Waals surface area contributed by atoms with Crippen molar-refractivity contribution < 1.29 is 0 Å². The molecule has 0 saturated heterocycles. The SMILES string of the molecule is CCCNCc1sc(N(C)Cc2ccsc2)nc1C. The predicted molar refractivity (Wildman–Crippen MR) is 85.3 cm³/mol. The van der Waals surface area contributed by atoms with E-state index in [1.165, 1.54) is 16.9 Å². The van der Waals surface area contributed by atoms with E-state index >= 15 is 0 Å². The summed E-state index contributed by atoms with van der Waals surface area (Å²) >= 11 is 3.54. The van der Waals surface area contributed by atoms with Gasteiger partial charge in [0.1, 0.15) is 0 Å². The van der Waals surface area contributed by atoms with Crippen molar-refractivity contribution >= 4 is 27.8 Å². The molecular formula is C14H21N3S2. The van der Waals surface area contributed by atoms with Crippen LogP contribution in [0.1, 0.15) is 29.5 Å². The highest BCUT2D eigenvalue weighted by atomic mass is 32.1. The van der Waals surface area contributed by atoms with E-state index in [0.717, 1.165) is 30.5 Å². The van der Waals surface area contributed by atoms with E-state index in [2.05, 4.69) is 52.9 Å². The minimum Gasteiger partial charge on any atom is -0.347 e. The molecule has 0 aromatic carbocycles. The molecule has 0 fully saturated rings. The highest BCUT2D eigenvalue weighted by Gasteiger charge is 2.11. The summed E-state index contributed by atoms with van der Waals surface area (Å²) < 4.78 is 0.